The predicted molar refractivity (Wildman–Crippen MR) is 114 cm³/mol. The number of halogens is 3. The predicted octanol–water partition coefficient (Wildman–Crippen LogP) is 5.40. The number of carbonyl (C=O) groups excluding carboxylic acids is 1. The van der Waals surface area contributed by atoms with E-state index in [0.29, 0.717) is 42.3 Å². The van der Waals surface area contributed by atoms with Crippen molar-refractivity contribution < 1.29 is 27.4 Å². The number of anilines is 1. The van der Waals surface area contributed by atoms with E-state index in [-0.39, 0.29) is 16.3 Å². The number of carbonyl (C=O) groups is 1. The molecule has 0 spiro atoms. The molecule has 31 heavy (non-hydrogen) atoms. The van der Waals surface area contributed by atoms with Gasteiger partial charge >= 0.3 is 0 Å². The van der Waals surface area contributed by atoms with E-state index < -0.39 is 22.7 Å². The third kappa shape index (κ3) is 6.40. The smallest absolute Gasteiger partial charge is 0.257 e. The van der Waals surface area contributed by atoms with Gasteiger partial charge in [-0.2, -0.15) is 4.39 Å². The first-order valence-electron chi connectivity index (χ1n) is 9.28. The van der Waals surface area contributed by atoms with Crippen LogP contribution in [0, 0.1) is 16.8 Å². The molecule has 0 saturated heterocycles. The second-order valence-corrected chi connectivity index (χ2v) is 7.37. The number of aromatic nitrogens is 1. The van der Waals surface area contributed by atoms with Crippen LogP contribution in [-0.4, -0.2) is 31.2 Å². The van der Waals surface area contributed by atoms with Gasteiger partial charge in [0, 0.05) is 31.3 Å². The minimum Gasteiger partial charge on any atom is -0.493 e. The largest absolute Gasteiger partial charge is 0.493 e. The highest BCUT2D eigenvalue weighted by atomic mass is 32.1. The molecule has 1 aromatic heterocycles. The van der Waals surface area contributed by atoms with Crippen molar-refractivity contribution in [1.82, 2.24) is 4.98 Å². The van der Waals surface area contributed by atoms with Gasteiger partial charge in [0.05, 0.1) is 12.8 Å². The zero-order valence-electron chi connectivity index (χ0n) is 16.5. The molecule has 162 valence electrons. The molecular formula is C22H19F3N2O3S. The molecule has 0 unspecified atom stereocenters. The SMILES string of the molecule is COCCCOc1cc(/C=C/c2cccc(F)c2F)cc(C(=O)Nc2ncc(F)s2)c1. The number of ether oxygens (including phenoxy) is 2. The molecule has 0 atom stereocenters. The van der Waals surface area contributed by atoms with Crippen LogP contribution in [0.15, 0.2) is 42.6 Å². The maximum absolute atomic E-state index is 13.9. The van der Waals surface area contributed by atoms with Crippen LogP contribution < -0.4 is 10.1 Å². The maximum Gasteiger partial charge on any atom is 0.257 e. The number of nitrogens with zero attached hydrogens (tertiary/aromatic N) is 1. The van der Waals surface area contributed by atoms with Crippen molar-refractivity contribution in [3.05, 3.63) is 76.1 Å². The van der Waals surface area contributed by atoms with Crippen LogP contribution in [0.2, 0.25) is 0 Å². The molecule has 0 radical (unpaired) electrons. The molecule has 0 saturated carbocycles. The van der Waals surface area contributed by atoms with E-state index >= 15 is 0 Å². The summed E-state index contributed by atoms with van der Waals surface area (Å²) in [7, 11) is 1.58. The van der Waals surface area contributed by atoms with Crippen molar-refractivity contribution in [2.75, 3.05) is 25.6 Å². The van der Waals surface area contributed by atoms with E-state index in [1.807, 2.05) is 0 Å². The van der Waals surface area contributed by atoms with Crippen molar-refractivity contribution in [3.8, 4) is 5.75 Å². The Hall–Kier alpha value is -3.17. The minimum absolute atomic E-state index is 0.0654. The van der Waals surface area contributed by atoms with Crippen LogP contribution in [0.3, 0.4) is 0 Å². The lowest BCUT2D eigenvalue weighted by atomic mass is 10.1. The Balaban J connectivity index is 1.85. The summed E-state index contributed by atoms with van der Waals surface area (Å²) in [6, 6.07) is 8.62. The second-order valence-electron chi connectivity index (χ2n) is 6.39. The zero-order chi connectivity index (χ0) is 22.2. The fourth-order valence-corrected chi connectivity index (χ4v) is 3.18. The van der Waals surface area contributed by atoms with Crippen LogP contribution in [0.25, 0.3) is 12.2 Å². The van der Waals surface area contributed by atoms with E-state index in [2.05, 4.69) is 10.3 Å². The molecule has 5 nitrogen and oxygen atoms in total. The lowest BCUT2D eigenvalue weighted by Crippen LogP contribution is -2.12. The molecule has 1 N–H and O–H groups in total. The van der Waals surface area contributed by atoms with Crippen LogP contribution in [-0.2, 0) is 4.74 Å². The van der Waals surface area contributed by atoms with Crippen LogP contribution >= 0.6 is 11.3 Å². The van der Waals surface area contributed by atoms with E-state index in [4.69, 9.17) is 9.47 Å². The topological polar surface area (TPSA) is 60.5 Å². The molecular weight excluding hydrogens is 429 g/mol. The monoisotopic (exact) mass is 448 g/mol. The highest BCUT2D eigenvalue weighted by Crippen LogP contribution is 2.23. The van der Waals surface area contributed by atoms with E-state index in [0.717, 1.165) is 12.3 Å². The summed E-state index contributed by atoms with van der Waals surface area (Å²) >= 11 is 0.703. The first-order chi connectivity index (χ1) is 15.0. The van der Waals surface area contributed by atoms with Crippen LogP contribution in [0.5, 0.6) is 5.75 Å². The van der Waals surface area contributed by atoms with E-state index in [9.17, 15) is 18.0 Å². The molecule has 0 aliphatic heterocycles. The van der Waals surface area contributed by atoms with Gasteiger partial charge in [0.2, 0.25) is 0 Å². The zero-order valence-corrected chi connectivity index (χ0v) is 17.3. The van der Waals surface area contributed by atoms with Crippen molar-refractivity contribution in [1.29, 1.82) is 0 Å². The molecule has 0 aliphatic rings. The van der Waals surface area contributed by atoms with Gasteiger partial charge in [0.25, 0.3) is 5.91 Å². The summed E-state index contributed by atoms with van der Waals surface area (Å²) in [5.74, 6) is -2.01. The Morgan fingerprint density at radius 1 is 1.16 bits per heavy atom. The van der Waals surface area contributed by atoms with Gasteiger partial charge < -0.3 is 9.47 Å². The molecule has 1 amide bonds. The molecule has 3 rings (SSSR count). The van der Waals surface area contributed by atoms with Crippen molar-refractivity contribution >= 4 is 34.5 Å². The second kappa shape index (κ2) is 10.7. The molecule has 1 heterocycles. The Morgan fingerprint density at radius 2 is 2.00 bits per heavy atom. The van der Waals surface area contributed by atoms with Crippen LogP contribution in [0.1, 0.15) is 27.9 Å². The quantitative estimate of drug-likeness (QED) is 0.352. The normalized spacial score (nSPS) is 11.1. The molecule has 0 aliphatic carbocycles. The molecule has 9 heteroatoms. The van der Waals surface area contributed by atoms with Gasteiger partial charge in [-0.25, -0.2) is 13.8 Å². The molecule has 0 fully saturated rings. The third-order valence-corrected chi connectivity index (χ3v) is 4.79. The fourth-order valence-electron chi connectivity index (χ4n) is 2.64. The number of amides is 1. The maximum atomic E-state index is 13.9. The summed E-state index contributed by atoms with van der Waals surface area (Å²) in [6.45, 7) is 0.875. The average molecular weight is 448 g/mol. The van der Waals surface area contributed by atoms with Gasteiger partial charge in [0.15, 0.2) is 21.9 Å². The summed E-state index contributed by atoms with van der Waals surface area (Å²) in [5.41, 5.74) is 0.832. The number of hydrogen-bond acceptors (Lipinski definition) is 5. The van der Waals surface area contributed by atoms with Crippen LogP contribution in [0.4, 0.5) is 18.3 Å². The van der Waals surface area contributed by atoms with E-state index in [1.54, 1.807) is 25.3 Å². The van der Waals surface area contributed by atoms with Gasteiger partial charge in [0.1, 0.15) is 5.75 Å². The number of rotatable bonds is 9. The third-order valence-electron chi connectivity index (χ3n) is 4.09. The minimum atomic E-state index is -0.963. The summed E-state index contributed by atoms with van der Waals surface area (Å²) in [6.07, 6.45) is 4.60. The first-order valence-corrected chi connectivity index (χ1v) is 10.1. The summed E-state index contributed by atoms with van der Waals surface area (Å²) in [4.78, 5) is 16.4. The Labute approximate surface area is 181 Å². The average Bonchev–Trinajstić information content (AvgIpc) is 3.16. The van der Waals surface area contributed by atoms with E-state index in [1.165, 1.54) is 24.3 Å². The highest BCUT2D eigenvalue weighted by molar-refractivity contribution is 7.14. The summed E-state index contributed by atoms with van der Waals surface area (Å²) in [5, 5.41) is 2.12. The molecule has 3 aromatic rings. The first kappa shape index (κ1) is 22.5. The molecule has 0 bridgehead atoms. The fraction of sp³-hybridized carbons (Fsp3) is 0.182. The highest BCUT2D eigenvalue weighted by Gasteiger charge is 2.12. The van der Waals surface area contributed by atoms with Gasteiger partial charge in [-0.15, -0.1) is 0 Å². The summed E-state index contributed by atoms with van der Waals surface area (Å²) < 4.78 is 51.2. The number of thiazole rings is 1. The van der Waals surface area contributed by atoms with Gasteiger partial charge in [-0.1, -0.05) is 35.6 Å². The lowest BCUT2D eigenvalue weighted by molar-refractivity contribution is 0.102. The Bertz CT molecular complexity index is 1090. The molecule has 2 aromatic carbocycles. The van der Waals surface area contributed by atoms with Gasteiger partial charge in [-0.3, -0.25) is 10.1 Å². The number of nitrogens with one attached hydrogen (secondary N) is 1. The Kier molecular flexibility index (Phi) is 7.80. The lowest BCUT2D eigenvalue weighted by Gasteiger charge is -2.10. The van der Waals surface area contributed by atoms with Crippen molar-refractivity contribution in [2.45, 2.75) is 6.42 Å². The number of hydrogen-bond donors (Lipinski definition) is 1. The number of methoxy groups -OCH3 is 1. The van der Waals surface area contributed by atoms with Gasteiger partial charge in [-0.05, 0) is 29.8 Å². The van der Waals surface area contributed by atoms with Crippen molar-refractivity contribution in [2.24, 2.45) is 0 Å². The van der Waals surface area contributed by atoms with Crippen molar-refractivity contribution in [3.63, 3.8) is 0 Å². The number of benzene rings is 2. The standard InChI is InChI=1S/C22H19F3N2O3S/c1-29-8-3-9-30-17-11-14(6-7-15-4-2-5-18(23)20(15)25)10-16(12-17)21(28)27-22-26-13-19(24)31-22/h2,4-7,10-13H,3,8-9H2,1H3,(H,26,27,28)/b7-6+. The Morgan fingerprint density at radius 3 is 2.74 bits per heavy atom.